The van der Waals surface area contributed by atoms with Crippen LogP contribution in [0.5, 0.6) is 0 Å². The first kappa shape index (κ1) is 53.4. The molecule has 15 rings (SSSR count). The quantitative estimate of drug-likeness (QED) is 0.126. The third-order valence-electron chi connectivity index (χ3n) is 21.0. The normalized spacial score (nSPS) is 17.4. The van der Waals surface area contributed by atoms with Crippen LogP contribution in [0.25, 0.3) is 22.3 Å². The van der Waals surface area contributed by atoms with Crippen LogP contribution in [0.1, 0.15) is 151 Å². The predicted molar refractivity (Wildman–Crippen MR) is 361 cm³/mol. The van der Waals surface area contributed by atoms with Crippen molar-refractivity contribution in [2.75, 3.05) is 14.6 Å². The van der Waals surface area contributed by atoms with Crippen LogP contribution < -0.4 is 25.5 Å². The van der Waals surface area contributed by atoms with Gasteiger partial charge >= 0.3 is 6.85 Å². The Morgan fingerprint density at radius 3 is 1.61 bits per heavy atom. The highest BCUT2D eigenvalue weighted by atomic mass is 15.2. The molecule has 3 nitrogen and oxygen atoms in total. The van der Waals surface area contributed by atoms with Crippen molar-refractivity contribution in [1.29, 1.82) is 0 Å². The van der Waals surface area contributed by atoms with Crippen LogP contribution in [0.4, 0.5) is 45.5 Å². The molecule has 0 bridgehead atoms. The maximum Gasteiger partial charge on any atom is 0.333 e. The van der Waals surface area contributed by atoms with E-state index in [-0.39, 0.29) is 28.5 Å². The molecule has 0 atom stereocenters. The van der Waals surface area contributed by atoms with Crippen molar-refractivity contribution in [3.63, 3.8) is 0 Å². The second-order valence-electron chi connectivity index (χ2n) is 28.0. The molecule has 3 heterocycles. The fraction of sp³-hybridized carbons (Fsp3) is 0.259. The number of anilines is 8. The summed E-state index contributed by atoms with van der Waals surface area (Å²) in [4.78, 5) is 8.01. The Bertz CT molecular complexity index is 4190. The predicted octanol–water partition coefficient (Wildman–Crippen LogP) is 20.3. The number of hydrogen-bond donors (Lipinski definition) is 0. The molecule has 0 saturated heterocycles. The zero-order chi connectivity index (χ0) is 58.2. The summed E-state index contributed by atoms with van der Waals surface area (Å²) in [7, 11) is 0. The minimum atomic E-state index is -0.660. The number of para-hydroxylation sites is 2. The van der Waals surface area contributed by atoms with Gasteiger partial charge in [0.25, 0.3) is 0 Å². The van der Waals surface area contributed by atoms with Gasteiger partial charge in [-0.25, -0.2) is 0 Å². The first-order valence-electron chi connectivity index (χ1n) is 31.6. The number of fused-ring (bicyclic) bond motifs is 8. The topological polar surface area (TPSA) is 9.72 Å². The molecule has 0 amide bonds. The van der Waals surface area contributed by atoms with Crippen molar-refractivity contribution in [1.82, 2.24) is 0 Å². The van der Waals surface area contributed by atoms with Gasteiger partial charge in [-0.2, -0.15) is 0 Å². The Hall–Kier alpha value is -8.34. The number of aryl methyl sites for hydroxylation is 1. The van der Waals surface area contributed by atoms with E-state index in [1.807, 2.05) is 0 Å². The summed E-state index contributed by atoms with van der Waals surface area (Å²) in [6.07, 6.45) is 8.02. The van der Waals surface area contributed by atoms with Crippen molar-refractivity contribution in [3.8, 4) is 22.3 Å². The van der Waals surface area contributed by atoms with Crippen LogP contribution in [0.15, 0.2) is 224 Å². The largest absolute Gasteiger partial charge is 0.376 e. The monoisotopic (exact) mass is 1100 g/mol. The molecule has 0 unspecified atom stereocenters. The Kier molecular flexibility index (Phi) is 12.3. The summed E-state index contributed by atoms with van der Waals surface area (Å²) in [5, 5.41) is 0. The maximum absolute atomic E-state index is 2.77. The molecule has 5 aliphatic rings. The number of rotatable bonds is 10. The van der Waals surface area contributed by atoms with Crippen LogP contribution in [-0.2, 0) is 33.5 Å². The van der Waals surface area contributed by atoms with Crippen LogP contribution in [0.2, 0.25) is 0 Å². The molecule has 10 aromatic carbocycles. The van der Waals surface area contributed by atoms with E-state index in [4.69, 9.17) is 0 Å². The lowest BCUT2D eigenvalue weighted by Gasteiger charge is -2.53. The van der Waals surface area contributed by atoms with Crippen LogP contribution in [0, 0.1) is 0 Å². The van der Waals surface area contributed by atoms with Gasteiger partial charge < -0.3 is 14.6 Å². The lowest BCUT2D eigenvalue weighted by molar-refractivity contribution is 0.331. The summed E-state index contributed by atoms with van der Waals surface area (Å²) in [6.45, 7) is 21.9. The molecule has 0 aromatic heterocycles. The van der Waals surface area contributed by atoms with Crippen LogP contribution >= 0.6 is 0 Å². The van der Waals surface area contributed by atoms with Gasteiger partial charge in [0.2, 0.25) is 0 Å². The zero-order valence-electron chi connectivity index (χ0n) is 51.2. The van der Waals surface area contributed by atoms with Crippen molar-refractivity contribution in [3.05, 3.63) is 275 Å². The number of hydrogen-bond acceptors (Lipinski definition) is 3. The highest BCUT2D eigenvalue weighted by molar-refractivity contribution is 6.93. The highest BCUT2D eigenvalue weighted by Crippen LogP contribution is 2.62. The molecule has 0 saturated carbocycles. The molecule has 420 valence electrons. The van der Waals surface area contributed by atoms with Gasteiger partial charge in [0.1, 0.15) is 0 Å². The van der Waals surface area contributed by atoms with E-state index >= 15 is 0 Å². The SMILES string of the molecule is CCCCc1ccc(N(c2ccccc2)c2ccc3c(c2)-c2cc(-c4ccccc4)cc4c2B(c2cccc5c2N4c2cc4c(cc2C5(c2ccccc2)c2ccccc2)C(C)(C)CCC4(C)C)N3c2ccc3c(c2)C(C)(C)CCC3(C)C)cc1. The molecular weight excluding hydrogens is 1030 g/mol. The maximum atomic E-state index is 2.77. The van der Waals surface area contributed by atoms with Gasteiger partial charge in [-0.05, 0) is 211 Å². The summed E-state index contributed by atoms with van der Waals surface area (Å²) in [5.74, 6) is 0. The smallest absolute Gasteiger partial charge is 0.333 e. The molecule has 85 heavy (non-hydrogen) atoms. The lowest BCUT2D eigenvalue weighted by Crippen LogP contribution is -2.63. The van der Waals surface area contributed by atoms with Crippen molar-refractivity contribution >= 4 is 63.3 Å². The fourth-order valence-corrected chi connectivity index (χ4v) is 16.1. The van der Waals surface area contributed by atoms with E-state index in [9.17, 15) is 0 Å². The highest BCUT2D eigenvalue weighted by Gasteiger charge is 2.55. The van der Waals surface area contributed by atoms with Crippen LogP contribution in [0.3, 0.4) is 0 Å². The number of benzene rings is 10. The first-order valence-corrected chi connectivity index (χ1v) is 31.6. The van der Waals surface area contributed by atoms with Crippen molar-refractivity contribution in [2.45, 2.75) is 134 Å². The van der Waals surface area contributed by atoms with Gasteiger partial charge in [0, 0.05) is 45.4 Å². The first-order chi connectivity index (χ1) is 41.1. The summed E-state index contributed by atoms with van der Waals surface area (Å²) in [5.41, 5.74) is 29.1. The second kappa shape index (κ2) is 19.6. The fourth-order valence-electron chi connectivity index (χ4n) is 16.1. The summed E-state index contributed by atoms with van der Waals surface area (Å²) < 4.78 is 0. The minimum Gasteiger partial charge on any atom is -0.376 e. The molecule has 4 heteroatoms. The molecule has 10 aromatic rings. The third kappa shape index (κ3) is 8.21. The molecular formula is C81H78BN3. The number of unbranched alkanes of at least 4 members (excludes halogenated alkanes) is 1. The average Bonchev–Trinajstić information content (AvgIpc) is 0.686. The van der Waals surface area contributed by atoms with Gasteiger partial charge in [0.05, 0.1) is 11.1 Å². The Labute approximate surface area is 506 Å². The molecule has 0 N–H and O–H groups in total. The molecule has 0 fully saturated rings. The Morgan fingerprint density at radius 2 is 0.976 bits per heavy atom. The van der Waals surface area contributed by atoms with Gasteiger partial charge in [-0.15, -0.1) is 0 Å². The summed E-state index contributed by atoms with van der Waals surface area (Å²) >= 11 is 0. The van der Waals surface area contributed by atoms with E-state index in [1.54, 1.807) is 0 Å². The Balaban J connectivity index is 1.08. The van der Waals surface area contributed by atoms with E-state index in [2.05, 4.69) is 301 Å². The third-order valence-corrected chi connectivity index (χ3v) is 21.0. The summed E-state index contributed by atoms with van der Waals surface area (Å²) in [6, 6.07) is 87.4. The van der Waals surface area contributed by atoms with E-state index in [1.165, 1.54) is 131 Å². The van der Waals surface area contributed by atoms with Crippen LogP contribution in [-0.4, -0.2) is 6.85 Å². The molecule has 0 spiro atoms. The molecule has 3 aliphatic heterocycles. The standard InChI is InChI=1S/C81H78BN3/c1-10-11-25-54-36-38-60(39-37-54)83(59-32-22-15-23-33-59)61-41-43-72-63(50-61)64-48-56(55-26-16-12-17-27-55)49-74-75(64)82(85(72)62-40-42-65-67(51-62)78(4,5)45-44-77(65,2)3)71-35-24-34-66-76(71)84(74)73-53-69-68(79(6,7)46-47-80(69,8)9)52-70(73)81(66,57-28-18-13-19-29-57)58-30-20-14-21-31-58/h12-24,26-43,48-53H,10-11,25,44-47H2,1-9H3. The average molecular weight is 1100 g/mol. The second-order valence-corrected chi connectivity index (χ2v) is 28.0. The van der Waals surface area contributed by atoms with E-state index in [0.29, 0.717) is 0 Å². The molecule has 2 aliphatic carbocycles. The van der Waals surface area contributed by atoms with E-state index in [0.717, 1.165) is 42.7 Å². The van der Waals surface area contributed by atoms with Gasteiger partial charge in [-0.1, -0.05) is 220 Å². The Morgan fingerprint density at radius 1 is 0.412 bits per heavy atom. The van der Waals surface area contributed by atoms with E-state index < -0.39 is 5.41 Å². The zero-order valence-corrected chi connectivity index (χ0v) is 51.2. The lowest BCUT2D eigenvalue weighted by atomic mass is 9.42. The minimum absolute atomic E-state index is 0.00466. The van der Waals surface area contributed by atoms with Gasteiger partial charge in [0.15, 0.2) is 0 Å². The molecule has 0 radical (unpaired) electrons. The van der Waals surface area contributed by atoms with Crippen molar-refractivity contribution < 1.29 is 0 Å². The van der Waals surface area contributed by atoms with Gasteiger partial charge in [-0.3, -0.25) is 0 Å². The van der Waals surface area contributed by atoms with Crippen molar-refractivity contribution in [2.24, 2.45) is 0 Å². The number of nitrogens with zero attached hydrogens (tertiary/aromatic N) is 3.